The lowest BCUT2D eigenvalue weighted by atomic mass is 9.74. The van der Waals surface area contributed by atoms with Gasteiger partial charge in [-0.2, -0.15) is 0 Å². The van der Waals surface area contributed by atoms with Gasteiger partial charge in [0.15, 0.2) is 5.54 Å². The molecule has 2 saturated heterocycles. The van der Waals surface area contributed by atoms with Gasteiger partial charge in [-0.05, 0) is 38.0 Å². The van der Waals surface area contributed by atoms with E-state index in [1.165, 1.54) is 6.42 Å². The van der Waals surface area contributed by atoms with Crippen molar-refractivity contribution >= 4 is 11.9 Å². The van der Waals surface area contributed by atoms with Crippen LogP contribution in [0.3, 0.4) is 0 Å². The number of amides is 1. The van der Waals surface area contributed by atoms with Gasteiger partial charge >= 0.3 is 5.97 Å². The van der Waals surface area contributed by atoms with Crippen molar-refractivity contribution in [2.75, 3.05) is 0 Å². The number of esters is 1. The van der Waals surface area contributed by atoms with E-state index in [9.17, 15) is 9.59 Å². The number of nitrogens with one attached hydrogen (secondary N) is 1. The molecular formula is C17H27NO3. The highest BCUT2D eigenvalue weighted by molar-refractivity contribution is 5.99. The first-order valence-corrected chi connectivity index (χ1v) is 8.37. The third-order valence-corrected chi connectivity index (χ3v) is 4.67. The van der Waals surface area contributed by atoms with E-state index in [2.05, 4.69) is 24.4 Å². The molecule has 1 aliphatic carbocycles. The zero-order chi connectivity index (χ0) is 15.5. The van der Waals surface area contributed by atoms with Crippen molar-refractivity contribution in [1.82, 2.24) is 5.32 Å². The average molecular weight is 293 g/mol. The Morgan fingerprint density at radius 1 is 1.38 bits per heavy atom. The Labute approximate surface area is 127 Å². The molecule has 0 aromatic carbocycles. The molecule has 4 unspecified atom stereocenters. The Balaban J connectivity index is 0.000000774. The Kier molecular flexibility index (Phi) is 5.07. The monoisotopic (exact) mass is 293 g/mol. The van der Waals surface area contributed by atoms with Crippen LogP contribution in [-0.4, -0.2) is 23.5 Å². The zero-order valence-electron chi connectivity index (χ0n) is 13.4. The van der Waals surface area contributed by atoms with E-state index in [-0.39, 0.29) is 23.9 Å². The normalized spacial score (nSPS) is 36.8. The van der Waals surface area contributed by atoms with Gasteiger partial charge in [0.2, 0.25) is 5.91 Å². The van der Waals surface area contributed by atoms with Gasteiger partial charge < -0.3 is 10.1 Å². The Bertz CT molecular complexity index is 432. The fourth-order valence-corrected chi connectivity index (χ4v) is 3.69. The minimum absolute atomic E-state index is 0.00232. The number of hydrogen-bond acceptors (Lipinski definition) is 3. The molecule has 0 bridgehead atoms. The van der Waals surface area contributed by atoms with E-state index in [4.69, 9.17) is 4.74 Å². The van der Waals surface area contributed by atoms with E-state index in [1.807, 2.05) is 13.8 Å². The lowest BCUT2D eigenvalue weighted by Crippen LogP contribution is -2.67. The molecule has 0 radical (unpaired) electrons. The average Bonchev–Trinajstić information content (AvgIpc) is 2.72. The number of fused-ring (bicyclic) bond motifs is 1. The van der Waals surface area contributed by atoms with Crippen LogP contribution in [0.4, 0.5) is 0 Å². The van der Waals surface area contributed by atoms with Gasteiger partial charge in [0.25, 0.3) is 0 Å². The molecule has 1 N–H and O–H groups in total. The van der Waals surface area contributed by atoms with Gasteiger partial charge in [-0.1, -0.05) is 39.3 Å². The molecule has 0 spiro atoms. The first kappa shape index (κ1) is 16.1. The third-order valence-electron chi connectivity index (χ3n) is 4.67. The molecule has 4 atom stereocenters. The Morgan fingerprint density at radius 3 is 2.71 bits per heavy atom. The van der Waals surface area contributed by atoms with Gasteiger partial charge in [0.05, 0.1) is 5.92 Å². The van der Waals surface area contributed by atoms with Crippen LogP contribution in [0.25, 0.3) is 0 Å². The van der Waals surface area contributed by atoms with Crippen LogP contribution in [0.5, 0.6) is 0 Å². The summed E-state index contributed by atoms with van der Waals surface area (Å²) in [7, 11) is 0. The smallest absolute Gasteiger partial charge is 0.336 e. The molecule has 3 rings (SSSR count). The molecule has 21 heavy (non-hydrogen) atoms. The van der Waals surface area contributed by atoms with Gasteiger partial charge in [0.1, 0.15) is 6.10 Å². The van der Waals surface area contributed by atoms with Crippen LogP contribution >= 0.6 is 0 Å². The van der Waals surface area contributed by atoms with Crippen molar-refractivity contribution in [3.05, 3.63) is 12.2 Å². The maximum Gasteiger partial charge on any atom is 0.336 e. The van der Waals surface area contributed by atoms with E-state index < -0.39 is 5.54 Å². The van der Waals surface area contributed by atoms with Gasteiger partial charge in [-0.15, -0.1) is 0 Å². The van der Waals surface area contributed by atoms with E-state index >= 15 is 0 Å². The second-order valence-corrected chi connectivity index (χ2v) is 6.00. The molecule has 4 nitrogen and oxygen atoms in total. The number of hydrogen-bond donors (Lipinski definition) is 1. The van der Waals surface area contributed by atoms with Crippen molar-refractivity contribution in [3.8, 4) is 0 Å². The van der Waals surface area contributed by atoms with Crippen LogP contribution in [0.1, 0.15) is 59.3 Å². The Morgan fingerprint density at radius 2 is 2.14 bits per heavy atom. The first-order chi connectivity index (χ1) is 10.2. The summed E-state index contributed by atoms with van der Waals surface area (Å²) < 4.78 is 5.30. The summed E-state index contributed by atoms with van der Waals surface area (Å²) in [6.45, 7) is 6.05. The van der Waals surface area contributed by atoms with Gasteiger partial charge in [-0.3, -0.25) is 4.79 Å². The maximum absolute atomic E-state index is 12.1. The fourth-order valence-electron chi connectivity index (χ4n) is 3.69. The number of rotatable bonds is 4. The van der Waals surface area contributed by atoms with Crippen LogP contribution in [0, 0.1) is 11.8 Å². The minimum Gasteiger partial charge on any atom is -0.457 e. The topological polar surface area (TPSA) is 55.4 Å². The summed E-state index contributed by atoms with van der Waals surface area (Å²) in [5, 5.41) is 2.95. The molecule has 2 aliphatic heterocycles. The highest BCUT2D eigenvalue weighted by Crippen LogP contribution is 2.45. The van der Waals surface area contributed by atoms with Gasteiger partial charge in [-0.25, -0.2) is 4.79 Å². The molecule has 1 amide bonds. The summed E-state index contributed by atoms with van der Waals surface area (Å²) >= 11 is 0. The quantitative estimate of drug-likeness (QED) is 0.640. The Hall–Kier alpha value is -1.32. The summed E-state index contributed by atoms with van der Waals surface area (Å²) in [6, 6.07) is 0. The predicted molar refractivity (Wildman–Crippen MR) is 81.6 cm³/mol. The van der Waals surface area contributed by atoms with Crippen molar-refractivity contribution < 1.29 is 14.3 Å². The molecule has 2 heterocycles. The molecule has 118 valence electrons. The lowest BCUT2D eigenvalue weighted by Gasteiger charge is -2.44. The third kappa shape index (κ3) is 2.72. The van der Waals surface area contributed by atoms with Crippen LogP contribution < -0.4 is 5.32 Å². The summed E-state index contributed by atoms with van der Waals surface area (Å²) in [4.78, 5) is 24.0. The second-order valence-electron chi connectivity index (χ2n) is 6.00. The number of allylic oxidation sites excluding steroid dienone is 2. The number of ether oxygens (including phenoxy) is 1. The van der Waals surface area contributed by atoms with Crippen LogP contribution in [0.2, 0.25) is 0 Å². The van der Waals surface area contributed by atoms with E-state index in [0.717, 1.165) is 25.7 Å². The number of carbonyl (C=O) groups is 2. The highest BCUT2D eigenvalue weighted by Gasteiger charge is 2.67. The van der Waals surface area contributed by atoms with Crippen LogP contribution in [0.15, 0.2) is 12.2 Å². The van der Waals surface area contributed by atoms with Crippen molar-refractivity contribution in [2.45, 2.75) is 70.9 Å². The summed E-state index contributed by atoms with van der Waals surface area (Å²) in [6.07, 6.45) is 9.99. The molecule has 0 saturated carbocycles. The maximum atomic E-state index is 12.1. The largest absolute Gasteiger partial charge is 0.457 e. The highest BCUT2D eigenvalue weighted by atomic mass is 16.6. The van der Waals surface area contributed by atoms with E-state index in [0.29, 0.717) is 12.3 Å². The molecular weight excluding hydrogens is 266 g/mol. The molecule has 4 heteroatoms. The molecule has 0 aromatic rings. The minimum atomic E-state index is -0.719. The molecule has 0 aromatic heterocycles. The molecule has 3 aliphatic rings. The fraction of sp³-hybridized carbons (Fsp3) is 0.765. The molecule has 2 fully saturated rings. The summed E-state index contributed by atoms with van der Waals surface area (Å²) in [5.74, 6) is 0.0148. The number of carbonyl (C=O) groups excluding carboxylic acids is 2. The predicted octanol–water partition coefficient (Wildman–Crippen LogP) is 2.97. The zero-order valence-corrected chi connectivity index (χ0v) is 13.4. The summed E-state index contributed by atoms with van der Waals surface area (Å²) in [5.41, 5.74) is -0.719. The van der Waals surface area contributed by atoms with Gasteiger partial charge in [0, 0.05) is 0 Å². The lowest BCUT2D eigenvalue weighted by molar-refractivity contribution is -0.193. The second kappa shape index (κ2) is 6.63. The SMILES string of the molecule is CC.CCCC1C(=O)NC2(CC3C=CCCC3)C(=O)OC12. The van der Waals surface area contributed by atoms with E-state index in [1.54, 1.807) is 0 Å². The first-order valence-electron chi connectivity index (χ1n) is 8.37. The van der Waals surface area contributed by atoms with Crippen molar-refractivity contribution in [1.29, 1.82) is 0 Å². The van der Waals surface area contributed by atoms with Crippen molar-refractivity contribution in [2.24, 2.45) is 11.8 Å². The van der Waals surface area contributed by atoms with Crippen LogP contribution in [-0.2, 0) is 14.3 Å². The van der Waals surface area contributed by atoms with Crippen molar-refractivity contribution in [3.63, 3.8) is 0 Å². The standard InChI is InChI=1S/C15H21NO3.C2H6/c1-2-6-11-12-15(14(18)19-12,16-13(11)17)9-10-7-4-3-5-8-10;1-2/h4,7,10-12H,2-3,5-6,8-9H2,1H3,(H,16,17);1-2H3.